The summed E-state index contributed by atoms with van der Waals surface area (Å²) in [5.41, 5.74) is 1.71. The number of rotatable bonds is 4. The lowest BCUT2D eigenvalue weighted by molar-refractivity contribution is -0.115. The Bertz CT molecular complexity index is 1680. The molecule has 2 amide bonds. The van der Waals surface area contributed by atoms with Gasteiger partial charge in [0.2, 0.25) is 11.8 Å². The lowest BCUT2D eigenvalue weighted by Gasteiger charge is -2.10. The fourth-order valence-electron chi connectivity index (χ4n) is 4.71. The first-order valence-corrected chi connectivity index (χ1v) is 16.7. The van der Waals surface area contributed by atoms with E-state index >= 15 is 0 Å². The number of fused-ring (bicyclic) bond motifs is 2. The minimum Gasteiger partial charge on any atom is -0.505 e. The minimum absolute atomic E-state index is 0.0467. The molecule has 14 heteroatoms. The molecule has 222 valence electrons. The lowest BCUT2D eigenvalue weighted by Crippen LogP contribution is -2.22. The van der Waals surface area contributed by atoms with E-state index in [1.807, 2.05) is 50.2 Å². The average Bonchev–Trinajstić information content (AvgIpc) is 3.81. The normalized spacial score (nSPS) is 17.4. The third-order valence-electron chi connectivity index (χ3n) is 6.65. The number of amides is 2. The molecule has 0 aliphatic carbocycles. The summed E-state index contributed by atoms with van der Waals surface area (Å²) in [6, 6.07) is 18.1. The Morgan fingerprint density at radius 1 is 0.614 bits per heavy atom. The molecule has 0 unspecified atom stereocenters. The molecule has 0 spiro atoms. The van der Waals surface area contributed by atoms with Gasteiger partial charge in [0.15, 0.2) is 0 Å². The van der Waals surface area contributed by atoms with E-state index in [1.165, 1.54) is 57.1 Å². The highest BCUT2D eigenvalue weighted by Gasteiger charge is 2.43. The largest absolute Gasteiger partial charge is 0.505 e. The summed E-state index contributed by atoms with van der Waals surface area (Å²) >= 11 is 4.69. The van der Waals surface area contributed by atoms with Gasteiger partial charge in [0.05, 0.1) is 52.6 Å². The predicted molar refractivity (Wildman–Crippen MR) is 173 cm³/mol. The second kappa shape index (κ2) is 11.5. The summed E-state index contributed by atoms with van der Waals surface area (Å²) in [5, 5.41) is 34.4. The van der Waals surface area contributed by atoms with Crippen molar-refractivity contribution in [3.63, 3.8) is 0 Å². The van der Waals surface area contributed by atoms with Crippen molar-refractivity contribution >= 4 is 82.0 Å². The Morgan fingerprint density at radius 2 is 0.955 bits per heavy atom. The second-order valence-electron chi connectivity index (χ2n) is 9.33. The highest BCUT2D eigenvalue weighted by molar-refractivity contribution is 8.26. The maximum atomic E-state index is 13.6. The van der Waals surface area contributed by atoms with Crippen LogP contribution in [-0.4, -0.2) is 47.0 Å². The number of carbonyl (C=O) groups excluding carboxylic acids is 2. The predicted octanol–water partition coefficient (Wildman–Crippen LogP) is 6.71. The molecule has 0 saturated heterocycles. The standard InChI is InChI=1S/C30H22N4O6S4/c1-3-39-25-17(27(37)33(31-25)15-11-7-5-8-12-15)29-41-21-19(35)23-24(20(36)22(21)42-29)44-30(43-23)18-26(40-4-2)32-34(28(18)38)16-13-9-6-10-14-16/h5-14,35-36H,3-4H2,1-2H3. The molecule has 0 fully saturated rings. The van der Waals surface area contributed by atoms with Gasteiger partial charge in [0.25, 0.3) is 11.8 Å². The molecule has 4 heterocycles. The number of thioether (sulfide) groups is 4. The molecule has 0 bridgehead atoms. The monoisotopic (exact) mass is 662 g/mol. The highest BCUT2D eigenvalue weighted by atomic mass is 32.2. The van der Waals surface area contributed by atoms with Crippen LogP contribution in [0.3, 0.4) is 0 Å². The quantitative estimate of drug-likeness (QED) is 0.230. The minimum atomic E-state index is -0.366. The van der Waals surface area contributed by atoms with E-state index in [-0.39, 0.29) is 46.3 Å². The Kier molecular flexibility index (Phi) is 7.52. The average molecular weight is 663 g/mol. The van der Waals surface area contributed by atoms with Crippen molar-refractivity contribution in [1.82, 2.24) is 0 Å². The summed E-state index contributed by atoms with van der Waals surface area (Å²) < 4.78 is 12.6. The number of ether oxygens (including phenoxy) is 2. The van der Waals surface area contributed by atoms with Gasteiger partial charge in [-0.3, -0.25) is 9.59 Å². The second-order valence-corrected chi connectivity index (χ2v) is 13.9. The molecule has 3 aromatic rings. The van der Waals surface area contributed by atoms with Crippen molar-refractivity contribution < 1.29 is 29.3 Å². The number of phenols is 2. The fraction of sp³-hybridized carbons (Fsp3) is 0.133. The van der Waals surface area contributed by atoms with E-state index < -0.39 is 0 Å². The first-order chi connectivity index (χ1) is 21.4. The van der Waals surface area contributed by atoms with Gasteiger partial charge < -0.3 is 19.7 Å². The fourth-order valence-corrected chi connectivity index (χ4v) is 10.1. The summed E-state index contributed by atoms with van der Waals surface area (Å²) in [4.78, 5) is 28.8. The molecule has 7 rings (SSSR count). The molecule has 10 nitrogen and oxygen atoms in total. The van der Waals surface area contributed by atoms with Gasteiger partial charge in [0, 0.05) is 0 Å². The van der Waals surface area contributed by atoms with Crippen molar-refractivity contribution in [2.45, 2.75) is 33.4 Å². The smallest absolute Gasteiger partial charge is 0.286 e. The molecule has 4 aliphatic rings. The van der Waals surface area contributed by atoms with Gasteiger partial charge >= 0.3 is 0 Å². The summed E-state index contributed by atoms with van der Waals surface area (Å²) in [6.45, 7) is 4.22. The number of hydrazone groups is 2. The van der Waals surface area contributed by atoms with Gasteiger partial charge in [-0.1, -0.05) is 83.4 Å². The molecule has 0 aromatic heterocycles. The molecule has 0 saturated carbocycles. The Morgan fingerprint density at radius 3 is 1.27 bits per heavy atom. The van der Waals surface area contributed by atoms with E-state index in [2.05, 4.69) is 10.2 Å². The molecule has 44 heavy (non-hydrogen) atoms. The van der Waals surface area contributed by atoms with Crippen LogP contribution >= 0.6 is 47.0 Å². The van der Waals surface area contributed by atoms with Gasteiger partial charge in [-0.25, -0.2) is 0 Å². The number of phenolic OH excluding ortho intramolecular Hbond substituents is 2. The lowest BCUT2D eigenvalue weighted by atomic mass is 10.2. The third kappa shape index (κ3) is 4.64. The zero-order chi connectivity index (χ0) is 30.5. The van der Waals surface area contributed by atoms with E-state index in [9.17, 15) is 19.8 Å². The zero-order valence-corrected chi connectivity index (χ0v) is 26.4. The van der Waals surface area contributed by atoms with Gasteiger partial charge in [-0.2, -0.15) is 10.0 Å². The molecule has 3 aromatic carbocycles. The van der Waals surface area contributed by atoms with Crippen LogP contribution < -0.4 is 10.0 Å². The highest BCUT2D eigenvalue weighted by Crippen LogP contribution is 2.68. The number of nitrogens with zero attached hydrogens (tertiary/aromatic N) is 4. The van der Waals surface area contributed by atoms with Crippen LogP contribution in [0.2, 0.25) is 0 Å². The zero-order valence-electron chi connectivity index (χ0n) is 23.1. The van der Waals surface area contributed by atoms with Crippen LogP contribution in [0, 0.1) is 0 Å². The SMILES string of the molecule is CCOC1=NN(c2ccccc2)C(=O)C1=C1Sc2c(O)c3c(c(O)c2S1)SC(=C1C(=O)N(c2ccccc2)N=C1OCC)S3. The van der Waals surface area contributed by atoms with E-state index in [4.69, 9.17) is 9.47 Å². The van der Waals surface area contributed by atoms with Gasteiger partial charge in [-0.05, 0) is 38.1 Å². The van der Waals surface area contributed by atoms with Crippen molar-refractivity contribution in [2.24, 2.45) is 10.2 Å². The molecule has 0 radical (unpaired) electrons. The number of para-hydroxylation sites is 2. The van der Waals surface area contributed by atoms with Crippen LogP contribution in [0.25, 0.3) is 0 Å². The molecular formula is C30H22N4O6S4. The topological polar surface area (TPSA) is 124 Å². The number of benzene rings is 3. The van der Waals surface area contributed by atoms with Crippen molar-refractivity contribution in [3.8, 4) is 11.5 Å². The number of hydrogen-bond donors (Lipinski definition) is 2. The van der Waals surface area contributed by atoms with Gasteiger partial charge in [0.1, 0.15) is 22.6 Å². The number of anilines is 2. The maximum Gasteiger partial charge on any atom is 0.286 e. The molecule has 4 aliphatic heterocycles. The van der Waals surface area contributed by atoms with Gasteiger partial charge in [-0.15, -0.1) is 10.2 Å². The summed E-state index contributed by atoms with van der Waals surface area (Å²) in [5.74, 6) is -0.469. The first-order valence-electron chi connectivity index (χ1n) is 13.5. The number of aromatic hydroxyl groups is 2. The first kappa shape index (κ1) is 28.8. The van der Waals surface area contributed by atoms with Crippen LogP contribution in [0.4, 0.5) is 11.4 Å². The third-order valence-corrected chi connectivity index (χ3v) is 11.9. The van der Waals surface area contributed by atoms with Crippen LogP contribution in [0.15, 0.2) is 110 Å². The molecule has 2 N–H and O–H groups in total. The van der Waals surface area contributed by atoms with Crippen molar-refractivity contribution in [3.05, 3.63) is 80.3 Å². The van der Waals surface area contributed by atoms with E-state index in [0.29, 0.717) is 52.6 Å². The summed E-state index contributed by atoms with van der Waals surface area (Å²) in [7, 11) is 0. The molecular weight excluding hydrogens is 641 g/mol. The van der Waals surface area contributed by atoms with Crippen LogP contribution in [-0.2, 0) is 19.1 Å². The van der Waals surface area contributed by atoms with Crippen molar-refractivity contribution in [1.29, 1.82) is 0 Å². The van der Waals surface area contributed by atoms with Crippen LogP contribution in [0.1, 0.15) is 13.8 Å². The Balaban J connectivity index is 1.24. The van der Waals surface area contributed by atoms with E-state index in [0.717, 1.165) is 0 Å². The van der Waals surface area contributed by atoms with E-state index in [1.54, 1.807) is 24.3 Å². The summed E-state index contributed by atoms with van der Waals surface area (Å²) in [6.07, 6.45) is 0. The number of carbonyl (C=O) groups is 2. The van der Waals surface area contributed by atoms with Crippen molar-refractivity contribution in [2.75, 3.05) is 23.2 Å². The number of hydrogen-bond acceptors (Lipinski definition) is 12. The maximum absolute atomic E-state index is 13.6. The Hall–Kier alpha value is -3.98. The Labute approximate surface area is 268 Å². The van der Waals surface area contributed by atoms with Crippen LogP contribution in [0.5, 0.6) is 11.5 Å². The molecule has 0 atom stereocenters.